The number of nitrogens with one attached hydrogen (secondary N) is 3. The van der Waals surface area contributed by atoms with Gasteiger partial charge in [-0.2, -0.15) is 5.10 Å². The van der Waals surface area contributed by atoms with Gasteiger partial charge in [0.2, 0.25) is 5.91 Å². The van der Waals surface area contributed by atoms with Gasteiger partial charge < -0.3 is 15.2 Å². The van der Waals surface area contributed by atoms with E-state index in [1.165, 1.54) is 18.6 Å². The van der Waals surface area contributed by atoms with Gasteiger partial charge in [-0.05, 0) is 38.6 Å². The lowest BCUT2D eigenvalue weighted by molar-refractivity contribution is -0.117. The average molecular weight is 511 g/mol. The summed E-state index contributed by atoms with van der Waals surface area (Å²) in [4.78, 5) is 38.7. The molecule has 1 amide bonds. The van der Waals surface area contributed by atoms with Crippen LogP contribution in [0.1, 0.15) is 19.8 Å². The maximum absolute atomic E-state index is 16.0. The summed E-state index contributed by atoms with van der Waals surface area (Å²) in [5.41, 5.74) is 4.40. The van der Waals surface area contributed by atoms with Gasteiger partial charge in [0.25, 0.3) is 0 Å². The van der Waals surface area contributed by atoms with Crippen molar-refractivity contribution in [2.24, 2.45) is 10.9 Å². The fourth-order valence-corrected chi connectivity index (χ4v) is 4.27. The fourth-order valence-electron chi connectivity index (χ4n) is 4.27. The minimum atomic E-state index is -0.535. The molecule has 0 aliphatic heterocycles. The molecule has 1 aliphatic rings. The van der Waals surface area contributed by atoms with Gasteiger partial charge >= 0.3 is 0 Å². The normalized spacial score (nSPS) is 13.7. The molecular weight excluding hydrogens is 487 g/mol. The first kappa shape index (κ1) is 23.4. The molecule has 3 N–H and O–H groups in total. The van der Waals surface area contributed by atoms with Crippen LogP contribution in [0.25, 0.3) is 44.8 Å². The topological polar surface area (TPSA) is 141 Å². The Bertz CT molecular complexity index is 1750. The van der Waals surface area contributed by atoms with Crippen LogP contribution in [-0.4, -0.2) is 54.8 Å². The van der Waals surface area contributed by atoms with Gasteiger partial charge in [-0.1, -0.05) is 0 Å². The highest BCUT2D eigenvalue weighted by Crippen LogP contribution is 2.35. The zero-order chi connectivity index (χ0) is 26.4. The van der Waals surface area contributed by atoms with Crippen LogP contribution >= 0.6 is 0 Å². The second-order valence-electron chi connectivity index (χ2n) is 9.16. The molecule has 0 aromatic carbocycles. The van der Waals surface area contributed by atoms with Crippen molar-refractivity contribution < 1.29 is 9.18 Å². The van der Waals surface area contributed by atoms with Crippen LogP contribution in [0.4, 0.5) is 15.8 Å². The first-order valence-corrected chi connectivity index (χ1v) is 11.9. The summed E-state index contributed by atoms with van der Waals surface area (Å²) >= 11 is 0. The third-order valence-electron chi connectivity index (χ3n) is 6.40. The Kier molecular flexibility index (Phi) is 5.63. The van der Waals surface area contributed by atoms with Gasteiger partial charge in [0.15, 0.2) is 17.1 Å². The summed E-state index contributed by atoms with van der Waals surface area (Å²) < 4.78 is 16.0. The third kappa shape index (κ3) is 4.15. The van der Waals surface area contributed by atoms with E-state index in [1.807, 2.05) is 31.1 Å². The van der Waals surface area contributed by atoms with Crippen LogP contribution in [0, 0.1) is 11.7 Å². The number of halogens is 1. The number of anilines is 2. The van der Waals surface area contributed by atoms with E-state index < -0.39 is 5.82 Å². The summed E-state index contributed by atoms with van der Waals surface area (Å²) in [5, 5.41) is 10.1. The number of carbonyl (C=O) groups excluding carboxylic acids is 1. The number of aromatic amines is 2. The van der Waals surface area contributed by atoms with E-state index in [1.54, 1.807) is 12.3 Å². The van der Waals surface area contributed by atoms with Crippen molar-refractivity contribution in [2.45, 2.75) is 19.8 Å². The molecule has 6 rings (SSSR count). The molecule has 5 aromatic rings. The number of rotatable bonds is 7. The number of aliphatic imine (C=N–C) groups is 1. The maximum Gasteiger partial charge on any atom is 0.227 e. The van der Waals surface area contributed by atoms with Crippen molar-refractivity contribution in [3.8, 4) is 22.6 Å². The zero-order valence-electron chi connectivity index (χ0n) is 20.7. The van der Waals surface area contributed by atoms with Crippen molar-refractivity contribution in [3.63, 3.8) is 0 Å². The fraction of sp³-hybridized carbons (Fsp3) is 0.192. The van der Waals surface area contributed by atoms with E-state index in [2.05, 4.69) is 52.1 Å². The number of carbonyl (C=O) groups is 1. The third-order valence-corrected chi connectivity index (χ3v) is 6.40. The number of nitrogens with zero attached hydrogens (tertiary/aromatic N) is 7. The standard InChI is InChI=1S/C26H23FN10O/c1-13(28-2)12-37(3)18-6-7-30-24-21(18)33-25(34-24)22-19-20(27)17(11-31-23(19)36-35-22)15-8-16(10-29-9-15)32-26(38)14-4-5-14/h6-12,14H,2,4-5H2,1,3H3,(H,32,38)(H,30,33,34)(H,31,35,36)/b13-12-. The van der Waals surface area contributed by atoms with Crippen LogP contribution in [0.15, 0.2) is 53.8 Å². The predicted molar refractivity (Wildman–Crippen MR) is 143 cm³/mol. The lowest BCUT2D eigenvalue weighted by atomic mass is 10.1. The molecule has 1 aliphatic carbocycles. The molecule has 0 bridgehead atoms. The molecule has 190 valence electrons. The first-order valence-electron chi connectivity index (χ1n) is 11.9. The minimum Gasteiger partial charge on any atom is -0.347 e. The van der Waals surface area contributed by atoms with Gasteiger partial charge in [0.1, 0.15) is 17.0 Å². The van der Waals surface area contributed by atoms with E-state index in [0.717, 1.165) is 24.2 Å². The van der Waals surface area contributed by atoms with Gasteiger partial charge in [-0.3, -0.25) is 19.9 Å². The highest BCUT2D eigenvalue weighted by Gasteiger charge is 2.29. The Hall–Kier alpha value is -5.00. The molecule has 5 heterocycles. The highest BCUT2D eigenvalue weighted by molar-refractivity contribution is 5.97. The average Bonchev–Trinajstić information content (AvgIpc) is 3.54. The monoisotopic (exact) mass is 510 g/mol. The number of amides is 1. The zero-order valence-corrected chi connectivity index (χ0v) is 20.7. The number of allylic oxidation sites excluding steroid dienone is 1. The summed E-state index contributed by atoms with van der Waals surface area (Å²) in [6.07, 6.45) is 9.72. The van der Waals surface area contributed by atoms with Crippen molar-refractivity contribution in [1.82, 2.24) is 35.1 Å². The largest absolute Gasteiger partial charge is 0.347 e. The minimum absolute atomic E-state index is 0.0409. The molecule has 38 heavy (non-hydrogen) atoms. The number of imidazole rings is 1. The number of hydrogen-bond acceptors (Lipinski definition) is 8. The summed E-state index contributed by atoms with van der Waals surface area (Å²) in [5.74, 6) is -0.184. The summed E-state index contributed by atoms with van der Waals surface area (Å²) in [6.45, 7) is 5.39. The number of pyridine rings is 3. The highest BCUT2D eigenvalue weighted by atomic mass is 19.1. The second-order valence-corrected chi connectivity index (χ2v) is 9.16. The number of aromatic nitrogens is 7. The van der Waals surface area contributed by atoms with Crippen molar-refractivity contribution >= 4 is 46.2 Å². The summed E-state index contributed by atoms with van der Waals surface area (Å²) in [7, 11) is 1.88. The molecule has 11 nitrogen and oxygen atoms in total. The van der Waals surface area contributed by atoms with Gasteiger partial charge in [0.05, 0.1) is 28.7 Å². The van der Waals surface area contributed by atoms with E-state index in [0.29, 0.717) is 33.9 Å². The molecule has 0 saturated heterocycles. The van der Waals surface area contributed by atoms with Gasteiger partial charge in [0, 0.05) is 48.9 Å². The lowest BCUT2D eigenvalue weighted by Crippen LogP contribution is -2.13. The molecular formula is C26H23FN10O. The van der Waals surface area contributed by atoms with Crippen LogP contribution in [0.2, 0.25) is 0 Å². The summed E-state index contributed by atoms with van der Waals surface area (Å²) in [6, 6.07) is 3.52. The molecule has 0 atom stereocenters. The predicted octanol–water partition coefficient (Wildman–Crippen LogP) is 4.44. The molecule has 0 spiro atoms. The lowest BCUT2D eigenvalue weighted by Gasteiger charge is -2.15. The van der Waals surface area contributed by atoms with E-state index in [-0.39, 0.29) is 28.4 Å². The second kappa shape index (κ2) is 9.14. The Morgan fingerprint density at radius 1 is 1.26 bits per heavy atom. The molecule has 5 aromatic heterocycles. The Labute approximate surface area is 216 Å². The first-order chi connectivity index (χ1) is 18.4. The van der Waals surface area contributed by atoms with E-state index in [4.69, 9.17) is 0 Å². The van der Waals surface area contributed by atoms with E-state index >= 15 is 4.39 Å². The number of fused-ring (bicyclic) bond motifs is 2. The molecule has 1 fully saturated rings. The van der Waals surface area contributed by atoms with Crippen molar-refractivity contribution in [3.05, 3.63) is 54.6 Å². The smallest absolute Gasteiger partial charge is 0.227 e. The Balaban J connectivity index is 1.41. The molecule has 12 heteroatoms. The maximum atomic E-state index is 16.0. The Morgan fingerprint density at radius 2 is 2.11 bits per heavy atom. The number of H-pyrrole nitrogens is 2. The van der Waals surface area contributed by atoms with Crippen LogP contribution in [-0.2, 0) is 4.79 Å². The van der Waals surface area contributed by atoms with Crippen molar-refractivity contribution in [1.29, 1.82) is 0 Å². The van der Waals surface area contributed by atoms with E-state index in [9.17, 15) is 4.79 Å². The van der Waals surface area contributed by atoms with Gasteiger partial charge in [-0.15, -0.1) is 0 Å². The molecule has 0 radical (unpaired) electrons. The van der Waals surface area contributed by atoms with Crippen LogP contribution in [0.3, 0.4) is 0 Å². The molecule has 0 unspecified atom stereocenters. The van der Waals surface area contributed by atoms with Gasteiger partial charge in [-0.25, -0.2) is 19.3 Å². The SMILES string of the molecule is C=N/C(C)=C\N(C)c1ccnc2nc(-c3[nH]nc4ncc(-c5cncc(NC(=O)C6CC6)c5)c(F)c34)[nH]c12. The quantitative estimate of drug-likeness (QED) is 0.275. The molecule has 1 saturated carbocycles. The number of hydrogen-bond donors (Lipinski definition) is 3. The van der Waals surface area contributed by atoms with Crippen molar-refractivity contribution in [2.75, 3.05) is 17.3 Å². The Morgan fingerprint density at radius 3 is 2.89 bits per heavy atom. The van der Waals surface area contributed by atoms with Crippen LogP contribution < -0.4 is 10.2 Å². The van der Waals surface area contributed by atoms with Crippen LogP contribution in [0.5, 0.6) is 0 Å².